The van der Waals surface area contributed by atoms with E-state index in [2.05, 4.69) is 31.2 Å². The van der Waals surface area contributed by atoms with E-state index in [0.717, 1.165) is 50.7 Å². The average molecular weight is 409 g/mol. The number of hydrogen-bond acceptors (Lipinski definition) is 6. The van der Waals surface area contributed by atoms with Crippen molar-refractivity contribution in [2.45, 2.75) is 32.1 Å². The minimum absolute atomic E-state index is 0.0122. The van der Waals surface area contributed by atoms with Crippen molar-refractivity contribution in [2.24, 2.45) is 11.7 Å². The van der Waals surface area contributed by atoms with E-state index in [1.54, 1.807) is 30.6 Å². The monoisotopic (exact) mass is 408 g/mol. The lowest BCUT2D eigenvalue weighted by Gasteiger charge is -2.33. The summed E-state index contributed by atoms with van der Waals surface area (Å²) < 4.78 is 0. The van der Waals surface area contributed by atoms with Crippen LogP contribution >= 0.6 is 0 Å². The van der Waals surface area contributed by atoms with Crippen LogP contribution in [0.3, 0.4) is 0 Å². The number of piperidine rings is 2. The first-order valence-corrected chi connectivity index (χ1v) is 10.6. The number of carbonyl (C=O) groups excluding carboxylic acids is 2. The number of nitrogens with one attached hydrogen (secondary N) is 1. The summed E-state index contributed by atoms with van der Waals surface area (Å²) in [5, 5.41) is 2.94. The molecule has 30 heavy (non-hydrogen) atoms. The van der Waals surface area contributed by atoms with Crippen LogP contribution in [0.15, 0.2) is 36.7 Å². The van der Waals surface area contributed by atoms with Gasteiger partial charge in [0.15, 0.2) is 0 Å². The van der Waals surface area contributed by atoms with E-state index >= 15 is 0 Å². The van der Waals surface area contributed by atoms with Gasteiger partial charge in [0.1, 0.15) is 18.0 Å². The fourth-order valence-electron chi connectivity index (χ4n) is 4.14. The molecule has 2 amide bonds. The molecular weight excluding hydrogens is 380 g/mol. The number of aromatic nitrogens is 2. The predicted molar refractivity (Wildman–Crippen MR) is 117 cm³/mol. The molecule has 0 atom stereocenters. The summed E-state index contributed by atoms with van der Waals surface area (Å²) in [7, 11) is 0. The molecule has 8 nitrogen and oxygen atoms in total. The highest BCUT2D eigenvalue weighted by molar-refractivity contribution is 5.95. The maximum absolute atomic E-state index is 12.6. The van der Waals surface area contributed by atoms with Crippen LogP contribution in [0.2, 0.25) is 0 Å². The third-order valence-electron chi connectivity index (χ3n) is 5.94. The van der Waals surface area contributed by atoms with Crippen molar-refractivity contribution in [3.63, 3.8) is 0 Å². The van der Waals surface area contributed by atoms with E-state index in [1.165, 1.54) is 19.3 Å². The quantitative estimate of drug-likeness (QED) is 0.787. The fourth-order valence-corrected chi connectivity index (χ4v) is 4.14. The molecule has 2 saturated heterocycles. The van der Waals surface area contributed by atoms with Crippen molar-refractivity contribution in [1.29, 1.82) is 0 Å². The van der Waals surface area contributed by atoms with Crippen molar-refractivity contribution in [3.05, 3.63) is 42.2 Å². The molecule has 3 N–H and O–H groups in total. The number of primary amides is 1. The Hall–Kier alpha value is -3.16. The Morgan fingerprint density at radius 3 is 2.10 bits per heavy atom. The normalized spacial score (nSPS) is 17.6. The lowest BCUT2D eigenvalue weighted by Crippen LogP contribution is -2.39. The molecule has 2 aliphatic rings. The third kappa shape index (κ3) is 4.69. The van der Waals surface area contributed by atoms with Crippen LogP contribution < -0.4 is 20.9 Å². The first-order chi connectivity index (χ1) is 14.6. The highest BCUT2D eigenvalue weighted by Gasteiger charge is 2.26. The van der Waals surface area contributed by atoms with Gasteiger partial charge in [0.05, 0.1) is 0 Å². The molecule has 158 valence electrons. The maximum atomic E-state index is 12.6. The Morgan fingerprint density at radius 1 is 0.900 bits per heavy atom. The van der Waals surface area contributed by atoms with E-state index in [-0.39, 0.29) is 11.8 Å². The van der Waals surface area contributed by atoms with Crippen LogP contribution in [0.1, 0.15) is 42.5 Å². The smallest absolute Gasteiger partial charge is 0.248 e. The number of hydrogen-bond donors (Lipinski definition) is 2. The van der Waals surface area contributed by atoms with Gasteiger partial charge in [-0.05, 0) is 56.4 Å². The first-order valence-electron chi connectivity index (χ1n) is 10.6. The molecule has 0 unspecified atom stereocenters. The average Bonchev–Trinajstić information content (AvgIpc) is 2.80. The summed E-state index contributed by atoms with van der Waals surface area (Å²) in [6.45, 7) is 3.68. The largest absolute Gasteiger partial charge is 0.366 e. The van der Waals surface area contributed by atoms with Gasteiger partial charge in [-0.2, -0.15) is 0 Å². The number of benzene rings is 1. The van der Waals surface area contributed by atoms with Crippen LogP contribution in [-0.2, 0) is 4.79 Å². The van der Waals surface area contributed by atoms with Crippen LogP contribution in [0.5, 0.6) is 0 Å². The van der Waals surface area contributed by atoms with Crippen molar-refractivity contribution >= 4 is 29.1 Å². The molecule has 4 rings (SSSR count). The van der Waals surface area contributed by atoms with E-state index in [1.807, 2.05) is 0 Å². The summed E-state index contributed by atoms with van der Waals surface area (Å²) >= 11 is 0. The van der Waals surface area contributed by atoms with Gasteiger partial charge in [-0.3, -0.25) is 9.59 Å². The van der Waals surface area contributed by atoms with E-state index in [9.17, 15) is 9.59 Å². The molecule has 2 aromatic rings. The minimum Gasteiger partial charge on any atom is -0.366 e. The number of nitrogens with two attached hydrogens (primary N) is 1. The van der Waals surface area contributed by atoms with Crippen molar-refractivity contribution in [2.75, 3.05) is 41.3 Å². The molecule has 1 aromatic heterocycles. The summed E-state index contributed by atoms with van der Waals surface area (Å²) in [6.07, 6.45) is 6.91. The zero-order valence-corrected chi connectivity index (χ0v) is 17.1. The number of amides is 2. The number of carbonyl (C=O) groups is 2. The zero-order chi connectivity index (χ0) is 20.9. The van der Waals surface area contributed by atoms with E-state index in [0.29, 0.717) is 11.3 Å². The van der Waals surface area contributed by atoms with Crippen LogP contribution in [0, 0.1) is 5.92 Å². The van der Waals surface area contributed by atoms with Crippen LogP contribution in [0.4, 0.5) is 17.3 Å². The molecule has 0 saturated carbocycles. The molecule has 0 spiro atoms. The number of nitrogens with zero attached hydrogens (tertiary/aromatic N) is 4. The molecule has 1 aromatic carbocycles. The Labute approximate surface area is 176 Å². The van der Waals surface area contributed by atoms with E-state index < -0.39 is 5.91 Å². The Balaban J connectivity index is 1.32. The topological polar surface area (TPSA) is 104 Å². The van der Waals surface area contributed by atoms with Gasteiger partial charge in [0, 0.05) is 49.4 Å². The van der Waals surface area contributed by atoms with Crippen molar-refractivity contribution < 1.29 is 9.59 Å². The molecule has 0 radical (unpaired) electrons. The van der Waals surface area contributed by atoms with Crippen LogP contribution in [-0.4, -0.2) is 48.0 Å². The lowest BCUT2D eigenvalue weighted by atomic mass is 9.95. The molecule has 2 aliphatic heterocycles. The third-order valence-corrected chi connectivity index (χ3v) is 5.94. The fraction of sp³-hybridized carbons (Fsp3) is 0.455. The maximum Gasteiger partial charge on any atom is 0.248 e. The summed E-state index contributed by atoms with van der Waals surface area (Å²) in [6, 6.07) is 8.73. The Morgan fingerprint density at radius 2 is 1.50 bits per heavy atom. The predicted octanol–water partition coefficient (Wildman–Crippen LogP) is 2.42. The molecule has 0 aliphatic carbocycles. The second-order valence-electron chi connectivity index (χ2n) is 7.97. The van der Waals surface area contributed by atoms with Crippen molar-refractivity contribution in [1.82, 2.24) is 9.97 Å². The second kappa shape index (κ2) is 9.11. The molecular formula is C22H28N6O2. The summed E-state index contributed by atoms with van der Waals surface area (Å²) in [5.41, 5.74) is 6.35. The molecule has 2 fully saturated rings. The molecule has 0 bridgehead atoms. The lowest BCUT2D eigenvalue weighted by molar-refractivity contribution is -0.120. The van der Waals surface area contributed by atoms with Gasteiger partial charge in [0.25, 0.3) is 0 Å². The first kappa shape index (κ1) is 20.1. The highest BCUT2D eigenvalue weighted by atomic mass is 16.2. The molecule has 3 heterocycles. The minimum atomic E-state index is -0.478. The van der Waals surface area contributed by atoms with Gasteiger partial charge in [-0.1, -0.05) is 0 Å². The van der Waals surface area contributed by atoms with Gasteiger partial charge in [-0.25, -0.2) is 9.97 Å². The van der Waals surface area contributed by atoms with E-state index in [4.69, 9.17) is 5.73 Å². The number of anilines is 3. The second-order valence-corrected chi connectivity index (χ2v) is 7.97. The van der Waals surface area contributed by atoms with Gasteiger partial charge in [0.2, 0.25) is 11.8 Å². The Bertz CT molecular complexity index is 887. The van der Waals surface area contributed by atoms with Crippen molar-refractivity contribution in [3.8, 4) is 0 Å². The standard InChI is InChI=1S/C22H28N6O2/c23-21(29)16-4-6-18(7-5-16)26-22(30)17-8-12-28(13-9-17)20-14-19(24-15-25-20)27-10-2-1-3-11-27/h4-7,14-15,17H,1-3,8-13H2,(H2,23,29)(H,26,30). The van der Waals surface area contributed by atoms with Crippen LogP contribution in [0.25, 0.3) is 0 Å². The molecule has 8 heteroatoms. The summed E-state index contributed by atoms with van der Waals surface area (Å²) in [5.74, 6) is 1.43. The highest BCUT2D eigenvalue weighted by Crippen LogP contribution is 2.26. The van der Waals surface area contributed by atoms with Gasteiger partial charge >= 0.3 is 0 Å². The zero-order valence-electron chi connectivity index (χ0n) is 17.1. The SMILES string of the molecule is NC(=O)c1ccc(NC(=O)C2CCN(c3cc(N4CCCCC4)ncn3)CC2)cc1. The van der Waals surface area contributed by atoms with Gasteiger partial charge < -0.3 is 20.9 Å². The van der Waals surface area contributed by atoms with Gasteiger partial charge in [-0.15, -0.1) is 0 Å². The Kier molecular flexibility index (Phi) is 6.11. The number of rotatable bonds is 5. The summed E-state index contributed by atoms with van der Waals surface area (Å²) in [4.78, 5) is 37.3.